The summed E-state index contributed by atoms with van der Waals surface area (Å²) in [5.41, 5.74) is 6.00. The van der Waals surface area contributed by atoms with Gasteiger partial charge in [0.05, 0.1) is 10.6 Å². The number of carbonyl (C=O) groups excluding carboxylic acids is 1. The number of thiophene rings is 1. The summed E-state index contributed by atoms with van der Waals surface area (Å²) in [4.78, 5) is 14.2. The van der Waals surface area contributed by atoms with Gasteiger partial charge in [0.25, 0.3) is 0 Å². The molecule has 0 aliphatic rings. The zero-order valence-corrected chi connectivity index (χ0v) is 13.3. The summed E-state index contributed by atoms with van der Waals surface area (Å²) < 4.78 is 23.8. The van der Waals surface area contributed by atoms with E-state index in [4.69, 9.17) is 5.73 Å². The van der Waals surface area contributed by atoms with Gasteiger partial charge >= 0.3 is 0 Å². The van der Waals surface area contributed by atoms with Gasteiger partial charge in [0, 0.05) is 25.8 Å². The number of nitrogens with zero attached hydrogens (tertiary/aromatic N) is 1. The molecule has 0 fully saturated rings. The molecule has 0 atom stereocenters. The summed E-state index contributed by atoms with van der Waals surface area (Å²) in [6.07, 6.45) is 1.43. The first kappa shape index (κ1) is 16.0. The molecule has 0 aromatic carbocycles. The van der Waals surface area contributed by atoms with Crippen molar-refractivity contribution in [2.75, 3.05) is 30.0 Å². The van der Waals surface area contributed by atoms with Crippen LogP contribution in [0.3, 0.4) is 0 Å². The van der Waals surface area contributed by atoms with E-state index >= 15 is 0 Å². The number of sulfone groups is 1. The number of anilines is 2. The first-order chi connectivity index (χ1) is 8.77. The molecule has 1 heterocycles. The van der Waals surface area contributed by atoms with E-state index in [0.717, 1.165) is 6.26 Å². The summed E-state index contributed by atoms with van der Waals surface area (Å²) in [7, 11) is -3.46. The van der Waals surface area contributed by atoms with Crippen molar-refractivity contribution in [1.82, 2.24) is 0 Å². The zero-order valence-electron chi connectivity index (χ0n) is 11.7. The second kappa shape index (κ2) is 5.92. The average molecular weight is 304 g/mol. The molecule has 0 saturated carbocycles. The van der Waals surface area contributed by atoms with Gasteiger partial charge in [-0.15, -0.1) is 11.3 Å². The molecular formula is C12H20N2O3S2. The van der Waals surface area contributed by atoms with Crippen molar-refractivity contribution >= 4 is 37.6 Å². The number of nitrogen functional groups attached to an aromatic ring is 1. The maximum atomic E-state index is 11.9. The fraction of sp³-hybridized carbons (Fsp3) is 0.583. The highest BCUT2D eigenvalue weighted by Gasteiger charge is 2.28. The molecule has 1 rings (SSSR count). The minimum absolute atomic E-state index is 0.0954. The third-order valence-corrected chi connectivity index (χ3v) is 5.47. The largest absolute Gasteiger partial charge is 0.396 e. The summed E-state index contributed by atoms with van der Waals surface area (Å²) in [5.74, 6) is -0.120. The van der Waals surface area contributed by atoms with Crippen LogP contribution in [0.4, 0.5) is 10.7 Å². The van der Waals surface area contributed by atoms with Gasteiger partial charge in [0.2, 0.25) is 0 Å². The van der Waals surface area contributed by atoms with E-state index in [0.29, 0.717) is 29.4 Å². The second-order valence-corrected chi connectivity index (χ2v) is 7.15. The van der Waals surface area contributed by atoms with E-state index in [-0.39, 0.29) is 16.4 Å². The van der Waals surface area contributed by atoms with E-state index in [9.17, 15) is 13.2 Å². The minimum Gasteiger partial charge on any atom is -0.396 e. The lowest BCUT2D eigenvalue weighted by atomic mass is 10.2. The van der Waals surface area contributed by atoms with E-state index in [1.165, 1.54) is 11.3 Å². The third-order valence-electron chi connectivity index (χ3n) is 2.88. The molecule has 0 aliphatic heterocycles. The van der Waals surface area contributed by atoms with Gasteiger partial charge in [-0.25, -0.2) is 8.42 Å². The molecule has 0 unspecified atom stereocenters. The number of hydrogen-bond donors (Lipinski definition) is 1. The molecule has 0 bridgehead atoms. The van der Waals surface area contributed by atoms with Crippen molar-refractivity contribution in [3.63, 3.8) is 0 Å². The fourth-order valence-electron chi connectivity index (χ4n) is 1.86. The Morgan fingerprint density at radius 3 is 2.16 bits per heavy atom. The monoisotopic (exact) mass is 304 g/mol. The van der Waals surface area contributed by atoms with E-state index in [1.54, 1.807) is 6.92 Å². The average Bonchev–Trinajstić information content (AvgIpc) is 2.67. The number of rotatable bonds is 6. The molecule has 1 aromatic heterocycles. The first-order valence-corrected chi connectivity index (χ1v) is 8.89. The smallest absolute Gasteiger partial charge is 0.180 e. The molecule has 0 radical (unpaired) electrons. The van der Waals surface area contributed by atoms with Crippen LogP contribution in [0, 0.1) is 0 Å². The molecule has 7 heteroatoms. The SMILES string of the molecule is CCC(=O)c1sc(N(CC)CC)c(S(C)(=O)=O)c1N. The molecule has 0 saturated heterocycles. The van der Waals surface area contributed by atoms with Crippen molar-refractivity contribution in [2.24, 2.45) is 0 Å². The Balaban J connectivity index is 3.58. The number of nitrogens with two attached hydrogens (primary N) is 1. The lowest BCUT2D eigenvalue weighted by Gasteiger charge is -2.20. The molecule has 5 nitrogen and oxygen atoms in total. The fourth-order valence-corrected chi connectivity index (χ4v) is 4.71. The van der Waals surface area contributed by atoms with Crippen molar-refractivity contribution < 1.29 is 13.2 Å². The lowest BCUT2D eigenvalue weighted by molar-refractivity contribution is 0.0992. The van der Waals surface area contributed by atoms with Gasteiger partial charge in [-0.1, -0.05) is 6.92 Å². The van der Waals surface area contributed by atoms with Gasteiger partial charge in [0.1, 0.15) is 9.90 Å². The summed E-state index contributed by atoms with van der Waals surface area (Å²) in [6.45, 7) is 6.94. The molecule has 1 aromatic rings. The maximum absolute atomic E-state index is 11.9. The number of Topliss-reactive ketones (excluding diaryl/α,β-unsaturated/α-hetero) is 1. The van der Waals surface area contributed by atoms with Gasteiger partial charge in [-0.2, -0.15) is 0 Å². The number of hydrogen-bond acceptors (Lipinski definition) is 6. The number of carbonyl (C=O) groups is 1. The summed E-state index contributed by atoms with van der Waals surface area (Å²) in [5, 5.41) is 0.571. The van der Waals surface area contributed by atoms with Gasteiger partial charge in [0.15, 0.2) is 15.6 Å². The molecule has 0 aliphatic carbocycles. The van der Waals surface area contributed by atoms with Crippen LogP contribution < -0.4 is 10.6 Å². The Bertz CT molecular complexity index is 572. The Kier molecular flexibility index (Phi) is 4.98. The van der Waals surface area contributed by atoms with Crippen LogP contribution in [0.25, 0.3) is 0 Å². The predicted molar refractivity (Wildman–Crippen MR) is 80.0 cm³/mol. The molecule has 19 heavy (non-hydrogen) atoms. The Labute approximate surface area is 118 Å². The summed E-state index contributed by atoms with van der Waals surface area (Å²) >= 11 is 1.18. The minimum atomic E-state index is -3.46. The van der Waals surface area contributed by atoms with Crippen molar-refractivity contribution in [3.8, 4) is 0 Å². The van der Waals surface area contributed by atoms with Crippen molar-refractivity contribution in [3.05, 3.63) is 4.88 Å². The van der Waals surface area contributed by atoms with Gasteiger partial charge in [-0.05, 0) is 13.8 Å². The topological polar surface area (TPSA) is 80.5 Å². The Morgan fingerprint density at radius 1 is 1.26 bits per heavy atom. The predicted octanol–water partition coefficient (Wildman–Crippen LogP) is 2.17. The van der Waals surface area contributed by atoms with Crippen LogP contribution in [-0.2, 0) is 9.84 Å². The van der Waals surface area contributed by atoms with E-state index in [1.807, 2.05) is 18.7 Å². The van der Waals surface area contributed by atoms with Crippen LogP contribution in [0.5, 0.6) is 0 Å². The lowest BCUT2D eigenvalue weighted by Crippen LogP contribution is -2.22. The van der Waals surface area contributed by atoms with Gasteiger partial charge in [-0.3, -0.25) is 4.79 Å². The van der Waals surface area contributed by atoms with Crippen LogP contribution in [0.1, 0.15) is 36.9 Å². The van der Waals surface area contributed by atoms with Crippen molar-refractivity contribution in [2.45, 2.75) is 32.1 Å². The van der Waals surface area contributed by atoms with Crippen molar-refractivity contribution in [1.29, 1.82) is 0 Å². The quantitative estimate of drug-likeness (QED) is 0.815. The standard InChI is InChI=1S/C12H20N2O3S2/c1-5-8(15)10-9(13)11(19(4,16)17)12(18-10)14(6-2)7-3/h5-7,13H2,1-4H3. The van der Waals surface area contributed by atoms with Crippen LogP contribution in [-0.4, -0.2) is 33.5 Å². The van der Waals surface area contributed by atoms with E-state index < -0.39 is 9.84 Å². The molecule has 2 N–H and O–H groups in total. The zero-order chi connectivity index (χ0) is 14.8. The highest BCUT2D eigenvalue weighted by Crippen LogP contribution is 2.41. The third kappa shape index (κ3) is 3.09. The Hall–Kier alpha value is -1.08. The summed E-state index contributed by atoms with van der Waals surface area (Å²) in [6, 6.07) is 0. The number of ketones is 1. The molecule has 108 valence electrons. The molecule has 0 spiro atoms. The maximum Gasteiger partial charge on any atom is 0.180 e. The van der Waals surface area contributed by atoms with Gasteiger partial charge < -0.3 is 10.6 Å². The first-order valence-electron chi connectivity index (χ1n) is 6.18. The van der Waals surface area contributed by atoms with E-state index in [2.05, 4.69) is 0 Å². The second-order valence-electron chi connectivity index (χ2n) is 4.20. The molecule has 0 amide bonds. The highest BCUT2D eigenvalue weighted by molar-refractivity contribution is 7.91. The van der Waals surface area contributed by atoms with Crippen LogP contribution in [0.15, 0.2) is 4.90 Å². The highest BCUT2D eigenvalue weighted by atomic mass is 32.2. The van der Waals surface area contributed by atoms with Crippen LogP contribution in [0.2, 0.25) is 0 Å². The normalized spacial score (nSPS) is 11.6. The molecular weight excluding hydrogens is 284 g/mol. The van der Waals surface area contributed by atoms with Crippen LogP contribution >= 0.6 is 11.3 Å². The Morgan fingerprint density at radius 2 is 1.79 bits per heavy atom.